The summed E-state index contributed by atoms with van der Waals surface area (Å²) in [6.45, 7) is 5.44. The molecule has 0 aliphatic rings. The molecule has 3 N–H and O–H groups in total. The van der Waals surface area contributed by atoms with E-state index in [4.69, 9.17) is 15.2 Å². The van der Waals surface area contributed by atoms with Crippen LogP contribution in [-0.2, 0) is 4.74 Å². The zero-order valence-electron chi connectivity index (χ0n) is 10.8. The Hall–Kier alpha value is -1.42. The van der Waals surface area contributed by atoms with Gasteiger partial charge in [-0.25, -0.2) is 0 Å². The molecule has 0 saturated heterocycles. The van der Waals surface area contributed by atoms with E-state index in [1.807, 2.05) is 25.1 Å². The Labute approximate surface area is 103 Å². The molecular weight excluding hydrogens is 216 g/mol. The number of rotatable bonds is 7. The Morgan fingerprint density at radius 1 is 1.41 bits per heavy atom. The average molecular weight is 238 g/mol. The summed E-state index contributed by atoms with van der Waals surface area (Å²) < 4.78 is 10.5. The van der Waals surface area contributed by atoms with Crippen molar-refractivity contribution in [2.75, 3.05) is 31.4 Å². The highest BCUT2D eigenvalue weighted by atomic mass is 16.5. The van der Waals surface area contributed by atoms with Gasteiger partial charge in [-0.15, -0.1) is 0 Å². The van der Waals surface area contributed by atoms with Crippen LogP contribution in [0.3, 0.4) is 0 Å². The molecule has 0 bridgehead atoms. The van der Waals surface area contributed by atoms with Crippen LogP contribution in [0.15, 0.2) is 18.2 Å². The molecule has 4 nitrogen and oxygen atoms in total. The van der Waals surface area contributed by atoms with E-state index < -0.39 is 0 Å². The third-order valence-electron chi connectivity index (χ3n) is 2.48. The number of hydrogen-bond acceptors (Lipinski definition) is 4. The molecule has 0 radical (unpaired) electrons. The predicted molar refractivity (Wildman–Crippen MR) is 71.6 cm³/mol. The number of anilines is 2. The first kappa shape index (κ1) is 13.6. The van der Waals surface area contributed by atoms with Gasteiger partial charge in [0.15, 0.2) is 0 Å². The molecule has 1 atom stereocenters. The maximum absolute atomic E-state index is 5.81. The molecule has 1 aromatic carbocycles. The van der Waals surface area contributed by atoms with E-state index >= 15 is 0 Å². The Morgan fingerprint density at radius 2 is 2.18 bits per heavy atom. The molecule has 96 valence electrons. The van der Waals surface area contributed by atoms with Crippen molar-refractivity contribution in [3.05, 3.63) is 18.2 Å². The highest BCUT2D eigenvalue weighted by Gasteiger charge is 2.05. The highest BCUT2D eigenvalue weighted by molar-refractivity contribution is 5.61. The zero-order chi connectivity index (χ0) is 12.7. The molecule has 0 saturated carbocycles. The van der Waals surface area contributed by atoms with Crippen LogP contribution in [0.2, 0.25) is 0 Å². The van der Waals surface area contributed by atoms with Crippen molar-refractivity contribution in [3.8, 4) is 5.75 Å². The smallest absolute Gasteiger partial charge is 0.144 e. The van der Waals surface area contributed by atoms with Gasteiger partial charge in [0.05, 0.1) is 12.3 Å². The minimum absolute atomic E-state index is 0.355. The van der Waals surface area contributed by atoms with Gasteiger partial charge in [-0.1, -0.05) is 0 Å². The van der Waals surface area contributed by atoms with Gasteiger partial charge in [0, 0.05) is 31.5 Å². The van der Waals surface area contributed by atoms with Crippen LogP contribution in [0.5, 0.6) is 5.75 Å². The lowest BCUT2D eigenvalue weighted by molar-refractivity contribution is 0.191. The number of nitrogens with two attached hydrogens (primary N) is 1. The normalized spacial score (nSPS) is 12.2. The quantitative estimate of drug-likeness (QED) is 0.717. The van der Waals surface area contributed by atoms with Gasteiger partial charge in [0.25, 0.3) is 0 Å². The summed E-state index contributed by atoms with van der Waals surface area (Å²) in [6.07, 6.45) is 0.963. The molecular formula is C13H22N2O2. The molecule has 0 heterocycles. The van der Waals surface area contributed by atoms with Crippen LogP contribution in [0.4, 0.5) is 11.4 Å². The van der Waals surface area contributed by atoms with Gasteiger partial charge in [0.2, 0.25) is 0 Å². The van der Waals surface area contributed by atoms with Crippen LogP contribution >= 0.6 is 0 Å². The van der Waals surface area contributed by atoms with Crippen LogP contribution in [0, 0.1) is 0 Å². The van der Waals surface area contributed by atoms with Crippen LogP contribution in [-0.4, -0.2) is 26.4 Å². The van der Waals surface area contributed by atoms with E-state index in [-0.39, 0.29) is 0 Å². The van der Waals surface area contributed by atoms with Gasteiger partial charge in [-0.05, 0) is 32.4 Å². The summed E-state index contributed by atoms with van der Waals surface area (Å²) in [5, 5.41) is 3.39. The summed E-state index contributed by atoms with van der Waals surface area (Å²) in [5.41, 5.74) is 7.50. The predicted octanol–water partition coefficient (Wildman–Crippen LogP) is 2.50. The fourth-order valence-corrected chi connectivity index (χ4v) is 1.56. The molecule has 0 aliphatic heterocycles. The lowest BCUT2D eigenvalue weighted by Gasteiger charge is -2.16. The summed E-state index contributed by atoms with van der Waals surface area (Å²) in [7, 11) is 1.71. The highest BCUT2D eigenvalue weighted by Crippen LogP contribution is 2.26. The Kier molecular flexibility index (Phi) is 5.63. The standard InChI is InChI=1S/C13H22N2O2/c1-4-17-13-9-11(5-6-12(13)14)15-10(2)7-8-16-3/h5-6,9-10,15H,4,7-8,14H2,1-3H3. The minimum Gasteiger partial charge on any atom is -0.492 e. The SMILES string of the molecule is CCOc1cc(NC(C)CCOC)ccc1N. The molecule has 1 unspecified atom stereocenters. The minimum atomic E-state index is 0.355. The molecule has 17 heavy (non-hydrogen) atoms. The topological polar surface area (TPSA) is 56.5 Å². The van der Waals surface area contributed by atoms with E-state index in [0.717, 1.165) is 24.5 Å². The fraction of sp³-hybridized carbons (Fsp3) is 0.538. The second-order valence-electron chi connectivity index (χ2n) is 4.01. The van der Waals surface area contributed by atoms with Crippen molar-refractivity contribution in [2.45, 2.75) is 26.3 Å². The van der Waals surface area contributed by atoms with Crippen LogP contribution in [0.25, 0.3) is 0 Å². The van der Waals surface area contributed by atoms with Gasteiger partial charge in [-0.2, -0.15) is 0 Å². The molecule has 0 amide bonds. The first-order chi connectivity index (χ1) is 8.17. The fourth-order valence-electron chi connectivity index (χ4n) is 1.56. The molecule has 0 spiro atoms. The number of methoxy groups -OCH3 is 1. The van der Waals surface area contributed by atoms with Gasteiger partial charge < -0.3 is 20.5 Å². The van der Waals surface area contributed by atoms with Crippen LogP contribution < -0.4 is 15.8 Å². The molecule has 0 fully saturated rings. The molecule has 1 rings (SSSR count). The van der Waals surface area contributed by atoms with Crippen LogP contribution in [0.1, 0.15) is 20.3 Å². The summed E-state index contributed by atoms with van der Waals surface area (Å²) in [4.78, 5) is 0. The summed E-state index contributed by atoms with van der Waals surface area (Å²) in [5.74, 6) is 0.733. The lowest BCUT2D eigenvalue weighted by Crippen LogP contribution is -2.17. The van der Waals surface area contributed by atoms with E-state index in [9.17, 15) is 0 Å². The first-order valence-electron chi connectivity index (χ1n) is 5.95. The Balaban J connectivity index is 2.61. The van der Waals surface area contributed by atoms with Crippen molar-refractivity contribution >= 4 is 11.4 Å². The molecule has 0 aliphatic carbocycles. The van der Waals surface area contributed by atoms with E-state index in [2.05, 4.69) is 12.2 Å². The second-order valence-corrected chi connectivity index (χ2v) is 4.01. The zero-order valence-corrected chi connectivity index (χ0v) is 10.8. The van der Waals surface area contributed by atoms with E-state index in [0.29, 0.717) is 18.3 Å². The first-order valence-corrected chi connectivity index (χ1v) is 5.95. The number of nitrogen functional groups attached to an aromatic ring is 1. The van der Waals surface area contributed by atoms with Gasteiger partial charge in [0.1, 0.15) is 5.75 Å². The third kappa shape index (κ3) is 4.53. The van der Waals surface area contributed by atoms with Crippen molar-refractivity contribution in [1.29, 1.82) is 0 Å². The molecule has 1 aromatic rings. The Bertz CT molecular complexity index is 342. The van der Waals surface area contributed by atoms with Crippen molar-refractivity contribution in [3.63, 3.8) is 0 Å². The van der Waals surface area contributed by atoms with Crippen molar-refractivity contribution < 1.29 is 9.47 Å². The van der Waals surface area contributed by atoms with Crippen molar-refractivity contribution in [2.24, 2.45) is 0 Å². The number of benzene rings is 1. The average Bonchev–Trinajstić information content (AvgIpc) is 2.31. The number of nitrogens with one attached hydrogen (secondary N) is 1. The third-order valence-corrected chi connectivity index (χ3v) is 2.48. The van der Waals surface area contributed by atoms with E-state index in [1.165, 1.54) is 0 Å². The van der Waals surface area contributed by atoms with Crippen molar-refractivity contribution in [1.82, 2.24) is 0 Å². The Morgan fingerprint density at radius 3 is 2.82 bits per heavy atom. The maximum Gasteiger partial charge on any atom is 0.144 e. The molecule has 4 heteroatoms. The van der Waals surface area contributed by atoms with Gasteiger partial charge >= 0.3 is 0 Å². The lowest BCUT2D eigenvalue weighted by atomic mass is 10.2. The monoisotopic (exact) mass is 238 g/mol. The largest absolute Gasteiger partial charge is 0.492 e. The summed E-state index contributed by atoms with van der Waals surface area (Å²) in [6, 6.07) is 6.10. The number of hydrogen-bond donors (Lipinski definition) is 2. The second kappa shape index (κ2) is 7.01. The maximum atomic E-state index is 5.81. The summed E-state index contributed by atoms with van der Waals surface area (Å²) >= 11 is 0. The number of ether oxygens (including phenoxy) is 2. The molecule has 0 aromatic heterocycles. The van der Waals surface area contributed by atoms with E-state index in [1.54, 1.807) is 7.11 Å². The van der Waals surface area contributed by atoms with Gasteiger partial charge in [-0.3, -0.25) is 0 Å².